The normalized spacial score (nSPS) is 17.9. The lowest BCUT2D eigenvalue weighted by molar-refractivity contribution is 0.0712. The molecule has 2 fully saturated rings. The van der Waals surface area contributed by atoms with Crippen LogP contribution in [0.3, 0.4) is 0 Å². The number of para-hydroxylation sites is 1. The Morgan fingerprint density at radius 3 is 2.61 bits per heavy atom. The first-order chi connectivity index (χ1) is 15.2. The second kappa shape index (κ2) is 8.49. The van der Waals surface area contributed by atoms with Crippen LogP contribution < -0.4 is 5.32 Å². The van der Waals surface area contributed by atoms with Gasteiger partial charge in [0.1, 0.15) is 0 Å². The Morgan fingerprint density at radius 1 is 1.03 bits per heavy atom. The van der Waals surface area contributed by atoms with E-state index in [1.165, 1.54) is 12.8 Å². The van der Waals surface area contributed by atoms with Crippen molar-refractivity contribution in [3.05, 3.63) is 59.6 Å². The van der Waals surface area contributed by atoms with Crippen molar-refractivity contribution in [3.63, 3.8) is 0 Å². The quantitative estimate of drug-likeness (QED) is 0.694. The van der Waals surface area contributed by atoms with Gasteiger partial charge in [0.05, 0.1) is 16.8 Å². The minimum atomic E-state index is -0.179. The predicted octanol–water partition coefficient (Wildman–Crippen LogP) is 3.92. The zero-order chi connectivity index (χ0) is 21.2. The molecule has 2 aliphatic rings. The molecule has 31 heavy (non-hydrogen) atoms. The third-order valence-electron chi connectivity index (χ3n) is 6.51. The minimum absolute atomic E-state index is 0.0135. The molecule has 0 radical (unpaired) electrons. The van der Waals surface area contributed by atoms with Crippen LogP contribution in [0.5, 0.6) is 0 Å². The summed E-state index contributed by atoms with van der Waals surface area (Å²) in [6.45, 7) is 1.28. The number of likely N-dealkylation sites (tertiary alicyclic amines) is 1. The van der Waals surface area contributed by atoms with E-state index in [0.717, 1.165) is 42.3 Å². The van der Waals surface area contributed by atoms with Crippen molar-refractivity contribution >= 4 is 22.7 Å². The van der Waals surface area contributed by atoms with E-state index < -0.39 is 0 Å². The van der Waals surface area contributed by atoms with Crippen LogP contribution in [-0.2, 0) is 0 Å². The number of hydrogen-bond acceptors (Lipinski definition) is 5. The Labute approximate surface area is 180 Å². The summed E-state index contributed by atoms with van der Waals surface area (Å²) in [5, 5.41) is 8.16. The van der Waals surface area contributed by atoms with Crippen LogP contribution in [0, 0.1) is 0 Å². The first-order valence-electron chi connectivity index (χ1n) is 11.1. The zero-order valence-electron chi connectivity index (χ0n) is 17.4. The van der Waals surface area contributed by atoms with Gasteiger partial charge in [0, 0.05) is 42.7 Å². The first-order valence-corrected chi connectivity index (χ1v) is 11.1. The molecule has 0 unspecified atom stereocenters. The SMILES string of the molecule is O=C(NC1CCCC1)c1cc(C2CCN(C(=O)c3cccc4cccnc34)CC2)no1. The van der Waals surface area contributed by atoms with Gasteiger partial charge in [-0.15, -0.1) is 0 Å². The number of nitrogens with zero attached hydrogens (tertiary/aromatic N) is 3. The molecule has 0 bridgehead atoms. The van der Waals surface area contributed by atoms with Crippen LogP contribution in [0.4, 0.5) is 0 Å². The summed E-state index contributed by atoms with van der Waals surface area (Å²) in [5.41, 5.74) is 2.19. The van der Waals surface area contributed by atoms with Crippen molar-refractivity contribution in [1.82, 2.24) is 20.4 Å². The Balaban J connectivity index is 1.22. The zero-order valence-corrected chi connectivity index (χ0v) is 17.4. The van der Waals surface area contributed by atoms with Crippen molar-refractivity contribution in [2.24, 2.45) is 0 Å². The maximum atomic E-state index is 13.1. The molecule has 0 spiro atoms. The van der Waals surface area contributed by atoms with E-state index in [1.807, 2.05) is 35.2 Å². The van der Waals surface area contributed by atoms with Gasteiger partial charge in [0.2, 0.25) is 5.76 Å². The molecular weight excluding hydrogens is 392 g/mol. The molecule has 1 aliphatic heterocycles. The number of benzene rings is 1. The largest absolute Gasteiger partial charge is 0.351 e. The predicted molar refractivity (Wildman–Crippen MR) is 116 cm³/mol. The molecular formula is C24H26N4O3. The topological polar surface area (TPSA) is 88.3 Å². The fourth-order valence-electron chi connectivity index (χ4n) is 4.74. The van der Waals surface area contributed by atoms with Gasteiger partial charge < -0.3 is 14.7 Å². The van der Waals surface area contributed by atoms with Crippen molar-refractivity contribution in [1.29, 1.82) is 0 Å². The summed E-state index contributed by atoms with van der Waals surface area (Å²) in [6, 6.07) is 11.6. The summed E-state index contributed by atoms with van der Waals surface area (Å²) in [6.07, 6.45) is 7.70. The van der Waals surface area contributed by atoms with Crippen LogP contribution in [-0.4, -0.2) is 46.0 Å². The summed E-state index contributed by atoms with van der Waals surface area (Å²) in [7, 11) is 0. The number of rotatable bonds is 4. The molecule has 1 saturated heterocycles. The van der Waals surface area contributed by atoms with Crippen LogP contribution in [0.15, 0.2) is 47.1 Å². The van der Waals surface area contributed by atoms with E-state index in [0.29, 0.717) is 18.7 Å². The van der Waals surface area contributed by atoms with Gasteiger partial charge in [-0.25, -0.2) is 0 Å². The number of aromatic nitrogens is 2. The van der Waals surface area contributed by atoms with E-state index in [4.69, 9.17) is 4.52 Å². The Morgan fingerprint density at radius 2 is 1.81 bits per heavy atom. The smallest absolute Gasteiger partial charge is 0.290 e. The van der Waals surface area contributed by atoms with Gasteiger partial charge in [0.25, 0.3) is 11.8 Å². The monoisotopic (exact) mass is 418 g/mol. The highest BCUT2D eigenvalue weighted by Gasteiger charge is 2.28. The summed E-state index contributed by atoms with van der Waals surface area (Å²) in [5.74, 6) is 0.301. The molecule has 1 N–H and O–H groups in total. The third kappa shape index (κ3) is 4.04. The van der Waals surface area contributed by atoms with Gasteiger partial charge in [0.15, 0.2) is 0 Å². The maximum absolute atomic E-state index is 13.1. The van der Waals surface area contributed by atoms with Crippen LogP contribution >= 0.6 is 0 Å². The number of hydrogen-bond donors (Lipinski definition) is 1. The van der Waals surface area contributed by atoms with Crippen molar-refractivity contribution in [3.8, 4) is 0 Å². The molecule has 160 valence electrons. The molecule has 2 aromatic heterocycles. The average molecular weight is 418 g/mol. The molecule has 0 atom stereocenters. The number of carbonyl (C=O) groups excluding carboxylic acids is 2. The van der Waals surface area contributed by atoms with E-state index in [9.17, 15) is 9.59 Å². The Kier molecular flexibility index (Phi) is 5.40. The van der Waals surface area contributed by atoms with Crippen LogP contribution in [0.2, 0.25) is 0 Å². The standard InChI is InChI=1S/C24H26N4O3/c29-23(26-18-7-1-2-8-18)21-15-20(27-31-21)16-10-13-28(14-11-16)24(30)19-9-3-5-17-6-4-12-25-22(17)19/h3-6,9,12,15-16,18H,1-2,7-8,10-11,13-14H2,(H,26,29). The van der Waals surface area contributed by atoms with Gasteiger partial charge in [-0.3, -0.25) is 14.6 Å². The molecule has 3 aromatic rings. The fourth-order valence-corrected chi connectivity index (χ4v) is 4.74. The van der Waals surface area contributed by atoms with E-state index in [-0.39, 0.29) is 29.5 Å². The van der Waals surface area contributed by atoms with Crippen molar-refractivity contribution in [2.45, 2.75) is 50.5 Å². The molecule has 3 heterocycles. The molecule has 7 heteroatoms. The second-order valence-electron chi connectivity index (χ2n) is 8.52. The van der Waals surface area contributed by atoms with E-state index in [1.54, 1.807) is 12.3 Å². The number of amides is 2. The lowest BCUT2D eigenvalue weighted by Gasteiger charge is -2.31. The number of nitrogens with one attached hydrogen (secondary N) is 1. The molecule has 7 nitrogen and oxygen atoms in total. The third-order valence-corrected chi connectivity index (χ3v) is 6.51. The molecule has 1 aliphatic carbocycles. The highest BCUT2D eigenvalue weighted by molar-refractivity contribution is 6.05. The fraction of sp³-hybridized carbons (Fsp3) is 0.417. The molecule has 1 aromatic carbocycles. The van der Waals surface area contributed by atoms with Crippen molar-refractivity contribution in [2.75, 3.05) is 13.1 Å². The lowest BCUT2D eigenvalue weighted by atomic mass is 9.93. The highest BCUT2D eigenvalue weighted by atomic mass is 16.5. The van der Waals surface area contributed by atoms with E-state index >= 15 is 0 Å². The number of pyridine rings is 1. The summed E-state index contributed by atoms with van der Waals surface area (Å²) >= 11 is 0. The molecule has 2 amide bonds. The minimum Gasteiger partial charge on any atom is -0.351 e. The Bertz CT molecular complexity index is 1090. The number of carbonyl (C=O) groups is 2. The Hall–Kier alpha value is -3.22. The van der Waals surface area contributed by atoms with E-state index in [2.05, 4.69) is 15.5 Å². The summed E-state index contributed by atoms with van der Waals surface area (Å²) < 4.78 is 5.33. The lowest BCUT2D eigenvalue weighted by Crippen LogP contribution is -2.38. The molecule has 5 rings (SSSR count). The van der Waals surface area contributed by atoms with Gasteiger partial charge in [-0.2, -0.15) is 0 Å². The first kappa shape index (κ1) is 19.7. The average Bonchev–Trinajstić information content (AvgIpc) is 3.51. The second-order valence-corrected chi connectivity index (χ2v) is 8.52. The van der Waals surface area contributed by atoms with Crippen LogP contribution in [0.25, 0.3) is 10.9 Å². The highest BCUT2D eigenvalue weighted by Crippen LogP contribution is 2.29. The van der Waals surface area contributed by atoms with Gasteiger partial charge in [-0.1, -0.05) is 36.2 Å². The molecule has 1 saturated carbocycles. The van der Waals surface area contributed by atoms with Crippen LogP contribution in [0.1, 0.15) is 71.0 Å². The number of piperidine rings is 1. The maximum Gasteiger partial charge on any atom is 0.290 e. The van der Waals surface area contributed by atoms with Gasteiger partial charge >= 0.3 is 0 Å². The van der Waals surface area contributed by atoms with Crippen molar-refractivity contribution < 1.29 is 14.1 Å². The van der Waals surface area contributed by atoms with Gasteiger partial charge in [-0.05, 0) is 37.8 Å². The summed E-state index contributed by atoms with van der Waals surface area (Å²) in [4.78, 5) is 31.8. The number of fused-ring (bicyclic) bond motifs is 1.